The summed E-state index contributed by atoms with van der Waals surface area (Å²) >= 11 is -1.67. The molecule has 1 heterocycles. The van der Waals surface area contributed by atoms with Gasteiger partial charge in [0, 0.05) is 0 Å². The van der Waals surface area contributed by atoms with Gasteiger partial charge in [-0.3, -0.25) is 0 Å². The largest absolute Gasteiger partial charge is 0.444 e. The molecule has 0 atom stereocenters. The zero-order chi connectivity index (χ0) is 12.8. The first-order valence-corrected chi connectivity index (χ1v) is 10.4. The van der Waals surface area contributed by atoms with E-state index in [1.165, 1.54) is 13.1 Å². The second kappa shape index (κ2) is 9.67. The summed E-state index contributed by atoms with van der Waals surface area (Å²) in [6, 6.07) is 0. The third-order valence-electron chi connectivity index (χ3n) is 1.76. The molecule has 1 aliphatic heterocycles. The average Bonchev–Trinajstić information content (AvgIpc) is 2.46. The van der Waals surface area contributed by atoms with Crippen LogP contribution in [0.1, 0.15) is 20.8 Å². The molecule has 1 rings (SSSR count). The van der Waals surface area contributed by atoms with Gasteiger partial charge in [0.1, 0.15) is 0 Å². The van der Waals surface area contributed by atoms with Crippen LogP contribution < -0.4 is 0 Å². The van der Waals surface area contributed by atoms with Crippen LogP contribution in [0.25, 0.3) is 0 Å². The van der Waals surface area contributed by atoms with Crippen LogP contribution in [0.2, 0.25) is 0 Å². The Bertz CT molecular complexity index is 256. The molecule has 0 saturated carbocycles. The van der Waals surface area contributed by atoms with Gasteiger partial charge in [-0.25, -0.2) is 6.67 Å². The molecule has 0 radical (unpaired) electrons. The molecule has 17 heavy (non-hydrogen) atoms. The minimum Gasteiger partial charge on any atom is -0.444 e. The van der Waals surface area contributed by atoms with Crippen LogP contribution in [-0.4, -0.2) is 41.2 Å². The Hall–Kier alpha value is 0.773. The maximum atomic E-state index is 5.55. The quantitative estimate of drug-likeness (QED) is 0.478. The first kappa shape index (κ1) is 20.1. The zero-order valence-electron chi connectivity index (χ0n) is 11.6. The second-order valence-electron chi connectivity index (χ2n) is 4.87. The van der Waals surface area contributed by atoms with Crippen molar-refractivity contribution in [1.29, 1.82) is 0 Å². The molecular weight excluding hydrogens is 344 g/mol. The minimum atomic E-state index is -1.67. The number of rotatable bonds is 0. The monoisotopic (exact) mass is 368 g/mol. The summed E-state index contributed by atoms with van der Waals surface area (Å²) in [7, 11) is 15.3. The number of nitrogens with zero attached hydrogens (tertiary/aromatic N) is 2. The van der Waals surface area contributed by atoms with E-state index >= 15 is 0 Å². The summed E-state index contributed by atoms with van der Waals surface area (Å²) in [5.41, 5.74) is 0.163. The molecule has 0 aromatic carbocycles. The third kappa shape index (κ3) is 14.7. The number of allylic oxidation sites excluding steroid dienone is 1. The Balaban J connectivity index is 0. The van der Waals surface area contributed by atoms with Crippen molar-refractivity contribution in [2.45, 2.75) is 20.8 Å². The van der Waals surface area contributed by atoms with E-state index < -0.39 is 13.5 Å². The summed E-state index contributed by atoms with van der Waals surface area (Å²) in [6.07, 6.45) is 1.94. The summed E-state index contributed by atoms with van der Waals surface area (Å²) in [4.78, 5) is 4.36. The molecule has 0 amide bonds. The fourth-order valence-electron chi connectivity index (χ4n) is 0.959. The minimum absolute atomic E-state index is 0. The second-order valence-corrected chi connectivity index (χ2v) is 10.3. The molecule has 0 aromatic heterocycles. The van der Waals surface area contributed by atoms with Crippen molar-refractivity contribution in [1.82, 2.24) is 9.80 Å². The van der Waals surface area contributed by atoms with Crippen molar-refractivity contribution >= 4 is 23.6 Å². The van der Waals surface area contributed by atoms with Crippen molar-refractivity contribution in [3.63, 3.8) is 0 Å². The van der Waals surface area contributed by atoms with E-state index in [0.717, 1.165) is 0 Å². The van der Waals surface area contributed by atoms with Crippen molar-refractivity contribution in [3.05, 3.63) is 20.2 Å². The van der Waals surface area contributed by atoms with Crippen LogP contribution in [0, 0.1) is 19.5 Å². The van der Waals surface area contributed by atoms with Crippen LogP contribution in [-0.2, 0) is 13.5 Å². The maximum Gasteiger partial charge on any atom is -0.0187 e. The summed E-state index contributed by atoms with van der Waals surface area (Å²) in [5.74, 6) is 0. The number of hydrogen-bond donors (Lipinski definition) is 0. The normalized spacial score (nSPS) is 17.5. The van der Waals surface area contributed by atoms with Crippen LogP contribution in [0.4, 0.5) is 0 Å². The first-order valence-electron chi connectivity index (χ1n) is 5.06. The molecule has 0 spiro atoms. The Morgan fingerprint density at radius 1 is 1.18 bits per heavy atom. The first-order chi connectivity index (χ1) is 7.20. The van der Waals surface area contributed by atoms with Gasteiger partial charge in [0.05, 0.1) is 0 Å². The van der Waals surface area contributed by atoms with E-state index in [9.17, 15) is 0 Å². The van der Waals surface area contributed by atoms with Gasteiger partial charge in [-0.2, -0.15) is 0 Å². The average molecular weight is 368 g/mol. The van der Waals surface area contributed by atoms with E-state index in [2.05, 4.69) is 55.6 Å². The van der Waals surface area contributed by atoms with Gasteiger partial charge in [0.15, 0.2) is 0 Å². The van der Waals surface area contributed by atoms with E-state index in [0.29, 0.717) is 0 Å². The van der Waals surface area contributed by atoms with Gasteiger partial charge in [-0.05, 0) is 27.2 Å². The molecule has 0 aromatic rings. The van der Waals surface area contributed by atoms with Crippen LogP contribution in [0.5, 0.6) is 0 Å². The third-order valence-corrected chi connectivity index (χ3v) is 3.30. The Morgan fingerprint density at radius 2 is 1.59 bits per heavy atom. The number of halogens is 2. The van der Waals surface area contributed by atoms with Gasteiger partial charge in [0.25, 0.3) is 0 Å². The molecule has 5 heteroatoms. The Kier molecular flexibility index (Phi) is 11.4. The van der Waals surface area contributed by atoms with Gasteiger partial charge >= 0.3 is 69.4 Å². The van der Waals surface area contributed by atoms with Crippen molar-refractivity contribution in [2.75, 3.05) is 27.2 Å². The van der Waals surface area contributed by atoms with Gasteiger partial charge in [-0.15, -0.1) is 0 Å². The summed E-state index contributed by atoms with van der Waals surface area (Å²) < 4.78 is 2.93. The van der Waals surface area contributed by atoms with E-state index in [1.54, 1.807) is 0 Å². The number of hydrogen-bond acceptors (Lipinski definition) is 2. The van der Waals surface area contributed by atoms with E-state index in [1.807, 2.05) is 6.08 Å². The smallest absolute Gasteiger partial charge is 0.0187 e. The topological polar surface area (TPSA) is 6.48 Å². The van der Waals surface area contributed by atoms with Gasteiger partial charge < -0.3 is 17.2 Å². The fraction of sp³-hybridized carbons (Fsp3) is 0.667. The molecule has 1 aliphatic rings. The molecule has 0 aliphatic carbocycles. The summed E-state index contributed by atoms with van der Waals surface area (Å²) in [6.45, 7) is 10.7. The molecular formula is C12H24Cl2N2Ru-2. The van der Waals surface area contributed by atoms with Crippen molar-refractivity contribution in [2.24, 2.45) is 5.41 Å². The number of likely N-dealkylation sites (N-methyl/N-ethyl adjacent to an activating group) is 2. The van der Waals surface area contributed by atoms with Crippen LogP contribution in [0.3, 0.4) is 0 Å². The molecule has 0 N–H and O–H groups in total. The van der Waals surface area contributed by atoms with Gasteiger partial charge in [-0.1, -0.05) is 0 Å². The fourth-order valence-corrected chi connectivity index (χ4v) is 2.36. The molecule has 1 fully saturated rings. The molecule has 2 nitrogen and oxygen atoms in total. The van der Waals surface area contributed by atoms with Gasteiger partial charge in [0.2, 0.25) is 0 Å². The molecule has 0 unspecified atom stereocenters. The molecule has 106 valence electrons. The van der Waals surface area contributed by atoms with Crippen molar-refractivity contribution in [3.8, 4) is 0 Å². The maximum absolute atomic E-state index is 5.55. The van der Waals surface area contributed by atoms with E-state index in [4.69, 9.17) is 19.4 Å². The molecule has 1 saturated heterocycles. The van der Waals surface area contributed by atoms with Crippen LogP contribution in [0.15, 0.2) is 6.08 Å². The predicted molar refractivity (Wildman–Crippen MR) is 76.7 cm³/mol. The van der Waals surface area contributed by atoms with Crippen LogP contribution >= 0.6 is 19.4 Å². The Labute approximate surface area is 120 Å². The summed E-state index contributed by atoms with van der Waals surface area (Å²) in [5, 5.41) is 0. The molecule has 0 bridgehead atoms. The SMILES string of the molecule is CC(C)(C)C=[C]=[Ru]([Cl])[Cl].CN1[CH-]N(C)CC1.[CH3-]. The Morgan fingerprint density at radius 3 is 1.71 bits per heavy atom. The zero-order valence-corrected chi connectivity index (χ0v) is 14.8. The van der Waals surface area contributed by atoms with E-state index in [-0.39, 0.29) is 12.8 Å². The standard InChI is InChI=1S/C6H10.C5H11N2.CH3.2ClH.Ru/c1-5-6(2,3)4;1-6-3-4-7(2)5-6;;;;/h5H,2-4H3;5H,3-4H2,1-2H3;1H3;2*1H;/q;2*-1;;;+2/p-2. The predicted octanol–water partition coefficient (Wildman–Crippen LogP) is 3.35. The van der Waals surface area contributed by atoms with Crippen molar-refractivity contribution < 1.29 is 13.5 Å².